The molecule has 3 N–H and O–H groups in total. The summed E-state index contributed by atoms with van der Waals surface area (Å²) in [4.78, 5) is 23.4. The zero-order valence-corrected chi connectivity index (χ0v) is 14.2. The smallest absolute Gasteiger partial charge is 0.315 e. The average Bonchev–Trinajstić information content (AvgIpc) is 2.51. The van der Waals surface area contributed by atoms with E-state index in [0.29, 0.717) is 11.5 Å². The molecule has 0 unspecified atom stereocenters. The highest BCUT2D eigenvalue weighted by Gasteiger charge is 2.15. The minimum absolute atomic E-state index is 0.0346. The number of carbonyl (C=O) groups excluding carboxylic acids is 2. The molecule has 0 aliphatic heterocycles. The fourth-order valence-corrected chi connectivity index (χ4v) is 2.04. The number of rotatable bonds is 7. The second-order valence-electron chi connectivity index (χ2n) is 5.38. The molecule has 1 atom stereocenters. The van der Waals surface area contributed by atoms with Gasteiger partial charge in [-0.25, -0.2) is 4.79 Å². The normalized spacial score (nSPS) is 11.6. The van der Waals surface area contributed by atoms with E-state index in [9.17, 15) is 9.59 Å². The van der Waals surface area contributed by atoms with Crippen molar-refractivity contribution in [3.05, 3.63) is 23.8 Å². The number of nitrogens with one attached hydrogen (secondary N) is 3. The highest BCUT2D eigenvalue weighted by molar-refractivity contribution is 5.84. The molecule has 0 radical (unpaired) electrons. The first-order valence-corrected chi connectivity index (χ1v) is 7.43. The predicted octanol–water partition coefficient (Wildman–Crippen LogP) is 1.59. The van der Waals surface area contributed by atoms with Crippen LogP contribution in [0.15, 0.2) is 18.2 Å². The maximum absolute atomic E-state index is 11.9. The fourth-order valence-electron chi connectivity index (χ4n) is 2.04. The van der Waals surface area contributed by atoms with E-state index in [2.05, 4.69) is 16.0 Å². The Labute approximate surface area is 136 Å². The van der Waals surface area contributed by atoms with Crippen LogP contribution < -0.4 is 25.4 Å². The van der Waals surface area contributed by atoms with Crippen LogP contribution in [-0.4, -0.2) is 38.7 Å². The van der Waals surface area contributed by atoms with Crippen molar-refractivity contribution in [2.45, 2.75) is 32.9 Å². The molecule has 0 aliphatic carbocycles. The minimum Gasteiger partial charge on any atom is -0.497 e. The number of urea groups is 1. The van der Waals surface area contributed by atoms with E-state index in [4.69, 9.17) is 9.47 Å². The van der Waals surface area contributed by atoms with E-state index < -0.39 is 6.03 Å². The van der Waals surface area contributed by atoms with E-state index in [1.165, 1.54) is 0 Å². The van der Waals surface area contributed by atoms with Gasteiger partial charge in [-0.1, -0.05) is 0 Å². The molecule has 0 heterocycles. The first-order chi connectivity index (χ1) is 10.9. The fraction of sp³-hybridized carbons (Fsp3) is 0.500. The van der Waals surface area contributed by atoms with Crippen molar-refractivity contribution in [3.63, 3.8) is 0 Å². The molecule has 7 nitrogen and oxygen atoms in total. The molecule has 0 aliphatic rings. The molecule has 0 saturated heterocycles. The molecule has 23 heavy (non-hydrogen) atoms. The van der Waals surface area contributed by atoms with Crippen molar-refractivity contribution in [1.82, 2.24) is 16.0 Å². The number of ether oxygens (including phenoxy) is 2. The molecule has 7 heteroatoms. The van der Waals surface area contributed by atoms with Crippen LogP contribution in [0.5, 0.6) is 11.5 Å². The summed E-state index contributed by atoms with van der Waals surface area (Å²) in [5.74, 6) is 1.09. The summed E-state index contributed by atoms with van der Waals surface area (Å²) in [6.07, 6.45) is 0. The van der Waals surface area contributed by atoms with E-state index >= 15 is 0 Å². The third-order valence-corrected chi connectivity index (χ3v) is 3.11. The third kappa shape index (κ3) is 6.06. The summed E-state index contributed by atoms with van der Waals surface area (Å²) in [6.45, 7) is 5.46. The van der Waals surface area contributed by atoms with Gasteiger partial charge in [0.2, 0.25) is 5.91 Å². The number of hydrogen-bond donors (Lipinski definition) is 3. The Balaban J connectivity index is 2.63. The Morgan fingerprint density at radius 1 is 1.09 bits per heavy atom. The standard InChI is InChI=1S/C16H25N3O4/c1-10(2)18-15(20)9-17-16(21)19-11(3)13-8-12(22-4)6-7-14(13)23-5/h6-8,10-11H,9H2,1-5H3,(H,18,20)(H2,17,19,21)/t11-/m1/s1. The minimum atomic E-state index is -0.429. The lowest BCUT2D eigenvalue weighted by Gasteiger charge is -2.18. The molecule has 1 rings (SSSR count). The van der Waals surface area contributed by atoms with Gasteiger partial charge in [0.05, 0.1) is 26.8 Å². The van der Waals surface area contributed by atoms with Gasteiger partial charge >= 0.3 is 6.03 Å². The third-order valence-electron chi connectivity index (χ3n) is 3.11. The van der Waals surface area contributed by atoms with Gasteiger partial charge < -0.3 is 25.4 Å². The maximum atomic E-state index is 11.9. The molecule has 0 aromatic heterocycles. The Kier molecular flexibility index (Phi) is 7.18. The van der Waals surface area contributed by atoms with Crippen molar-refractivity contribution < 1.29 is 19.1 Å². The summed E-state index contributed by atoms with van der Waals surface area (Å²) in [5, 5.41) is 7.98. The molecule has 3 amide bonds. The molecule has 0 bridgehead atoms. The zero-order valence-electron chi connectivity index (χ0n) is 14.2. The Bertz CT molecular complexity index is 546. The van der Waals surface area contributed by atoms with Gasteiger partial charge in [-0.15, -0.1) is 0 Å². The van der Waals surface area contributed by atoms with E-state index in [1.54, 1.807) is 32.4 Å². The number of carbonyl (C=O) groups is 2. The number of amides is 3. The lowest BCUT2D eigenvalue weighted by atomic mass is 10.1. The van der Waals surface area contributed by atoms with Crippen LogP contribution in [0.25, 0.3) is 0 Å². The van der Waals surface area contributed by atoms with Crippen LogP contribution in [0.2, 0.25) is 0 Å². The first-order valence-electron chi connectivity index (χ1n) is 7.43. The van der Waals surface area contributed by atoms with E-state index in [1.807, 2.05) is 20.8 Å². The molecule has 1 aromatic rings. The Morgan fingerprint density at radius 3 is 2.35 bits per heavy atom. The highest BCUT2D eigenvalue weighted by Crippen LogP contribution is 2.29. The second-order valence-corrected chi connectivity index (χ2v) is 5.38. The Morgan fingerprint density at radius 2 is 1.78 bits per heavy atom. The van der Waals surface area contributed by atoms with Crippen LogP contribution in [0, 0.1) is 0 Å². The summed E-state index contributed by atoms with van der Waals surface area (Å²) in [5.41, 5.74) is 0.786. The monoisotopic (exact) mass is 323 g/mol. The lowest BCUT2D eigenvalue weighted by molar-refractivity contribution is -0.120. The molecule has 128 valence electrons. The second kappa shape index (κ2) is 8.87. The van der Waals surface area contributed by atoms with Crippen LogP contribution >= 0.6 is 0 Å². The van der Waals surface area contributed by atoms with Gasteiger partial charge in [0.25, 0.3) is 0 Å². The first kappa shape index (κ1) is 18.6. The van der Waals surface area contributed by atoms with Crippen molar-refractivity contribution in [2.24, 2.45) is 0 Å². The van der Waals surface area contributed by atoms with Crippen molar-refractivity contribution >= 4 is 11.9 Å². The predicted molar refractivity (Wildman–Crippen MR) is 87.8 cm³/mol. The molecule has 0 saturated carbocycles. The topological polar surface area (TPSA) is 88.7 Å². The summed E-state index contributed by atoms with van der Waals surface area (Å²) < 4.78 is 10.5. The maximum Gasteiger partial charge on any atom is 0.315 e. The number of methoxy groups -OCH3 is 2. The highest BCUT2D eigenvalue weighted by atomic mass is 16.5. The Hall–Kier alpha value is -2.44. The average molecular weight is 323 g/mol. The van der Waals surface area contributed by atoms with Gasteiger partial charge in [0, 0.05) is 11.6 Å². The van der Waals surface area contributed by atoms with Gasteiger partial charge in [0.1, 0.15) is 11.5 Å². The summed E-state index contributed by atoms with van der Waals surface area (Å²) >= 11 is 0. The molecule has 0 fully saturated rings. The largest absolute Gasteiger partial charge is 0.497 e. The number of benzene rings is 1. The van der Waals surface area contributed by atoms with Crippen LogP contribution in [0.1, 0.15) is 32.4 Å². The van der Waals surface area contributed by atoms with Gasteiger partial charge in [-0.3, -0.25) is 4.79 Å². The van der Waals surface area contributed by atoms with Crippen molar-refractivity contribution in [1.29, 1.82) is 0 Å². The lowest BCUT2D eigenvalue weighted by Crippen LogP contribution is -2.44. The van der Waals surface area contributed by atoms with Gasteiger partial charge in [0.15, 0.2) is 0 Å². The summed E-state index contributed by atoms with van der Waals surface area (Å²) in [7, 11) is 3.14. The number of hydrogen-bond acceptors (Lipinski definition) is 4. The van der Waals surface area contributed by atoms with Gasteiger partial charge in [-0.05, 0) is 39.0 Å². The van der Waals surface area contributed by atoms with Gasteiger partial charge in [-0.2, -0.15) is 0 Å². The SMILES string of the molecule is COc1ccc(OC)c([C@@H](C)NC(=O)NCC(=O)NC(C)C)c1. The van der Waals surface area contributed by atoms with Crippen molar-refractivity contribution in [3.8, 4) is 11.5 Å². The molecule has 1 aromatic carbocycles. The zero-order chi connectivity index (χ0) is 17.4. The molecule has 0 spiro atoms. The molecular formula is C16H25N3O4. The quantitative estimate of drug-likeness (QED) is 0.711. The van der Waals surface area contributed by atoms with Crippen LogP contribution in [-0.2, 0) is 4.79 Å². The molecular weight excluding hydrogens is 298 g/mol. The van der Waals surface area contributed by atoms with Crippen LogP contribution in [0.4, 0.5) is 4.79 Å². The van der Waals surface area contributed by atoms with Crippen LogP contribution in [0.3, 0.4) is 0 Å². The van der Waals surface area contributed by atoms with E-state index in [-0.39, 0.29) is 24.5 Å². The van der Waals surface area contributed by atoms with E-state index in [0.717, 1.165) is 5.56 Å². The summed E-state index contributed by atoms with van der Waals surface area (Å²) in [6, 6.07) is 4.66. The van der Waals surface area contributed by atoms with Crippen molar-refractivity contribution in [2.75, 3.05) is 20.8 Å².